The van der Waals surface area contributed by atoms with Crippen molar-refractivity contribution in [3.63, 3.8) is 0 Å². The molecule has 0 aliphatic carbocycles. The largest absolute Gasteiger partial charge is 0.368 e. The second-order valence-electron chi connectivity index (χ2n) is 6.08. The molecule has 4 nitrogen and oxygen atoms in total. The molecule has 2 aromatic rings. The van der Waals surface area contributed by atoms with Gasteiger partial charge in [0.2, 0.25) is 5.91 Å². The third-order valence-corrected chi connectivity index (χ3v) is 4.65. The Morgan fingerprint density at radius 1 is 1.00 bits per heavy atom. The van der Waals surface area contributed by atoms with Gasteiger partial charge >= 0.3 is 0 Å². The molecule has 24 heavy (non-hydrogen) atoms. The quantitative estimate of drug-likeness (QED) is 0.928. The topological polar surface area (TPSA) is 49.6 Å². The Kier molecular flexibility index (Phi) is 5.38. The van der Waals surface area contributed by atoms with Crippen LogP contribution in [0.5, 0.6) is 0 Å². The zero-order valence-corrected chi connectivity index (χ0v) is 14.3. The van der Waals surface area contributed by atoms with Gasteiger partial charge in [0.05, 0.1) is 6.04 Å². The number of anilines is 1. The van der Waals surface area contributed by atoms with Crippen molar-refractivity contribution in [2.24, 2.45) is 5.73 Å². The predicted molar refractivity (Wildman–Crippen MR) is 98.4 cm³/mol. The summed E-state index contributed by atoms with van der Waals surface area (Å²) in [5, 5.41) is 0.736. The van der Waals surface area contributed by atoms with E-state index < -0.39 is 6.04 Å². The number of amides is 1. The molecule has 0 spiro atoms. The number of benzene rings is 2. The van der Waals surface area contributed by atoms with Crippen LogP contribution in [0.2, 0.25) is 5.02 Å². The maximum absolute atomic E-state index is 12.6. The van der Waals surface area contributed by atoms with Crippen molar-refractivity contribution in [2.45, 2.75) is 12.5 Å². The van der Waals surface area contributed by atoms with E-state index in [0.717, 1.165) is 29.4 Å². The van der Waals surface area contributed by atoms with E-state index in [-0.39, 0.29) is 5.91 Å². The fourth-order valence-corrected chi connectivity index (χ4v) is 3.15. The first-order valence-electron chi connectivity index (χ1n) is 8.22. The van der Waals surface area contributed by atoms with E-state index in [4.69, 9.17) is 17.3 Å². The van der Waals surface area contributed by atoms with Crippen LogP contribution in [0.1, 0.15) is 5.56 Å². The minimum absolute atomic E-state index is 0.0367. The van der Waals surface area contributed by atoms with Gasteiger partial charge in [0.15, 0.2) is 0 Å². The SMILES string of the molecule is N[C@@H](Cc1ccccc1)C(=O)N1CCN(c2ccc(Cl)cc2)CC1. The minimum Gasteiger partial charge on any atom is -0.368 e. The first-order chi connectivity index (χ1) is 11.6. The summed E-state index contributed by atoms with van der Waals surface area (Å²) in [4.78, 5) is 16.7. The van der Waals surface area contributed by atoms with Gasteiger partial charge in [-0.2, -0.15) is 0 Å². The normalized spacial score (nSPS) is 16.1. The number of hydrogen-bond acceptors (Lipinski definition) is 3. The van der Waals surface area contributed by atoms with E-state index in [9.17, 15) is 4.79 Å². The Bertz CT molecular complexity index is 667. The summed E-state index contributed by atoms with van der Waals surface area (Å²) in [6.07, 6.45) is 0.580. The number of rotatable bonds is 4. The number of hydrogen-bond donors (Lipinski definition) is 1. The molecule has 1 amide bonds. The zero-order valence-electron chi connectivity index (χ0n) is 13.6. The highest BCUT2D eigenvalue weighted by molar-refractivity contribution is 6.30. The lowest BCUT2D eigenvalue weighted by atomic mass is 10.1. The lowest BCUT2D eigenvalue weighted by Crippen LogP contribution is -2.53. The molecule has 1 aliphatic heterocycles. The Labute approximate surface area is 147 Å². The van der Waals surface area contributed by atoms with Gasteiger partial charge in [-0.15, -0.1) is 0 Å². The van der Waals surface area contributed by atoms with Crippen molar-refractivity contribution in [3.05, 3.63) is 65.2 Å². The number of carbonyl (C=O) groups excluding carboxylic acids is 1. The smallest absolute Gasteiger partial charge is 0.239 e. The summed E-state index contributed by atoms with van der Waals surface area (Å²) in [7, 11) is 0. The van der Waals surface area contributed by atoms with Crippen molar-refractivity contribution in [3.8, 4) is 0 Å². The fraction of sp³-hybridized carbons (Fsp3) is 0.316. The summed E-state index contributed by atoms with van der Waals surface area (Å²) in [5.74, 6) is 0.0367. The van der Waals surface area contributed by atoms with Crippen molar-refractivity contribution in [2.75, 3.05) is 31.1 Å². The molecule has 2 aromatic carbocycles. The Morgan fingerprint density at radius 2 is 1.62 bits per heavy atom. The molecule has 0 aromatic heterocycles. The Balaban J connectivity index is 1.54. The molecular formula is C19H22ClN3O. The van der Waals surface area contributed by atoms with Crippen LogP contribution >= 0.6 is 11.6 Å². The van der Waals surface area contributed by atoms with Crippen molar-refractivity contribution < 1.29 is 4.79 Å². The average molecular weight is 344 g/mol. The summed E-state index contributed by atoms with van der Waals surface area (Å²) in [6.45, 7) is 3.02. The summed E-state index contributed by atoms with van der Waals surface area (Å²) < 4.78 is 0. The van der Waals surface area contributed by atoms with Gasteiger partial charge in [-0.3, -0.25) is 4.79 Å². The van der Waals surface area contributed by atoms with Crippen LogP contribution in [0, 0.1) is 0 Å². The number of nitrogens with zero attached hydrogens (tertiary/aromatic N) is 2. The highest BCUT2D eigenvalue weighted by Crippen LogP contribution is 2.19. The average Bonchev–Trinajstić information content (AvgIpc) is 2.63. The zero-order chi connectivity index (χ0) is 16.9. The third-order valence-electron chi connectivity index (χ3n) is 4.40. The molecule has 3 rings (SSSR count). The molecule has 1 fully saturated rings. The molecular weight excluding hydrogens is 322 g/mol. The van der Waals surface area contributed by atoms with Gasteiger partial charge in [0.25, 0.3) is 0 Å². The standard InChI is InChI=1S/C19H22ClN3O/c20-16-6-8-17(9-7-16)22-10-12-23(13-11-22)19(24)18(21)14-15-4-2-1-3-5-15/h1-9,18H,10-14,21H2/t18-/m0/s1. The molecule has 1 aliphatic rings. The molecule has 2 N–H and O–H groups in total. The Hall–Kier alpha value is -2.04. The van der Waals surface area contributed by atoms with Crippen LogP contribution in [-0.2, 0) is 11.2 Å². The predicted octanol–water partition coefficient (Wildman–Crippen LogP) is 2.56. The van der Waals surface area contributed by atoms with E-state index in [1.165, 1.54) is 0 Å². The minimum atomic E-state index is -0.477. The van der Waals surface area contributed by atoms with Crippen LogP contribution in [0.25, 0.3) is 0 Å². The number of piperazine rings is 1. The third kappa shape index (κ3) is 4.08. The molecule has 126 valence electrons. The highest BCUT2D eigenvalue weighted by Gasteiger charge is 2.25. The van der Waals surface area contributed by atoms with Gasteiger partial charge < -0.3 is 15.5 Å². The molecule has 0 saturated carbocycles. The summed E-state index contributed by atoms with van der Waals surface area (Å²) in [5.41, 5.74) is 8.36. The molecule has 0 radical (unpaired) electrons. The maximum Gasteiger partial charge on any atom is 0.239 e. The molecule has 1 heterocycles. The molecule has 1 saturated heterocycles. The van der Waals surface area contributed by atoms with E-state index in [1.807, 2.05) is 59.5 Å². The Morgan fingerprint density at radius 3 is 2.25 bits per heavy atom. The van der Waals surface area contributed by atoms with E-state index >= 15 is 0 Å². The summed E-state index contributed by atoms with van der Waals surface area (Å²) in [6, 6.07) is 17.3. The van der Waals surface area contributed by atoms with Crippen LogP contribution in [-0.4, -0.2) is 43.0 Å². The van der Waals surface area contributed by atoms with Crippen LogP contribution in [0.3, 0.4) is 0 Å². The second-order valence-corrected chi connectivity index (χ2v) is 6.52. The highest BCUT2D eigenvalue weighted by atomic mass is 35.5. The van der Waals surface area contributed by atoms with Crippen molar-refractivity contribution >= 4 is 23.2 Å². The molecule has 0 bridgehead atoms. The molecule has 1 atom stereocenters. The first-order valence-corrected chi connectivity index (χ1v) is 8.60. The van der Waals surface area contributed by atoms with Crippen LogP contribution in [0.15, 0.2) is 54.6 Å². The van der Waals surface area contributed by atoms with Gasteiger partial charge in [0, 0.05) is 36.9 Å². The lowest BCUT2D eigenvalue weighted by molar-refractivity contribution is -0.132. The second kappa shape index (κ2) is 7.69. The van der Waals surface area contributed by atoms with Gasteiger partial charge in [-0.05, 0) is 36.2 Å². The first kappa shape index (κ1) is 16.8. The number of carbonyl (C=O) groups is 1. The monoisotopic (exact) mass is 343 g/mol. The van der Waals surface area contributed by atoms with Crippen LogP contribution < -0.4 is 10.6 Å². The van der Waals surface area contributed by atoms with Gasteiger partial charge in [-0.25, -0.2) is 0 Å². The van der Waals surface area contributed by atoms with E-state index in [2.05, 4.69) is 4.90 Å². The van der Waals surface area contributed by atoms with Gasteiger partial charge in [0.1, 0.15) is 0 Å². The maximum atomic E-state index is 12.6. The molecule has 5 heteroatoms. The number of nitrogens with two attached hydrogens (primary N) is 1. The van der Waals surface area contributed by atoms with Gasteiger partial charge in [-0.1, -0.05) is 41.9 Å². The fourth-order valence-electron chi connectivity index (χ4n) is 3.03. The van der Waals surface area contributed by atoms with E-state index in [1.54, 1.807) is 0 Å². The van der Waals surface area contributed by atoms with Crippen molar-refractivity contribution in [1.29, 1.82) is 0 Å². The van der Waals surface area contributed by atoms with Crippen molar-refractivity contribution in [1.82, 2.24) is 4.90 Å². The molecule has 0 unspecified atom stereocenters. The summed E-state index contributed by atoms with van der Waals surface area (Å²) >= 11 is 5.93. The van der Waals surface area contributed by atoms with E-state index in [0.29, 0.717) is 19.5 Å². The van der Waals surface area contributed by atoms with Crippen LogP contribution in [0.4, 0.5) is 5.69 Å². The number of halogens is 1. The lowest BCUT2D eigenvalue weighted by Gasteiger charge is -2.37.